The summed E-state index contributed by atoms with van der Waals surface area (Å²) in [6.07, 6.45) is -83.8. The Morgan fingerprint density at radius 3 is 0.417 bits per heavy atom. The molecule has 4 rings (SSSR count). The Morgan fingerprint density at radius 1 is 0.260 bits per heavy atom. The smallest absolute Gasteiger partial charge is 0.397 e. The van der Waals surface area contributed by atoms with E-state index < -0.39 is 113 Å². The molecule has 0 saturated carbocycles. The minimum Gasteiger partial charge on any atom is -0.830 e. The van der Waals surface area contributed by atoms with E-state index in [2.05, 4.69) is 166 Å². The van der Waals surface area contributed by atoms with E-state index in [1.807, 2.05) is 0 Å². The van der Waals surface area contributed by atoms with Crippen molar-refractivity contribution in [2.45, 2.75) is 116 Å². The van der Waals surface area contributed by atoms with Gasteiger partial charge in [-0.05, 0) is 35.1 Å². The average Bonchev–Trinajstić information content (AvgIpc) is 0.768. The maximum absolute atomic E-state index is 11.3. The third kappa shape index (κ3) is 26.0. The van der Waals surface area contributed by atoms with Crippen LogP contribution in [0, 0.1) is 26.6 Å². The van der Waals surface area contributed by atoms with Gasteiger partial charge in [-0.15, -0.1) is 0 Å². The molecule has 0 spiro atoms. The summed E-state index contributed by atoms with van der Waals surface area (Å²) >= 11 is 0. The van der Waals surface area contributed by atoms with Gasteiger partial charge in [0.25, 0.3) is 0 Å². The molecule has 0 aliphatic heterocycles. The fraction of sp³-hybridized carbons (Fsp3) is 0.404. The average molecular weight is 1560 g/mol. The zero-order valence-corrected chi connectivity index (χ0v) is 49.5. The Kier molecular flexibility index (Phi) is 42.6. The Morgan fingerprint density at radius 2 is 0.354 bits per heavy atom. The van der Waals surface area contributed by atoms with Crippen molar-refractivity contribution in [1.82, 2.24) is 4.44 Å². The van der Waals surface area contributed by atoms with E-state index in [0.29, 0.717) is 6.04 Å². The molecule has 0 heterocycles. The third-order valence-electron chi connectivity index (χ3n) is 9.67. The van der Waals surface area contributed by atoms with Gasteiger partial charge >= 0.3 is 137 Å². The summed E-state index contributed by atoms with van der Waals surface area (Å²) in [6, 6.07) is 44.5. The van der Waals surface area contributed by atoms with E-state index in [4.69, 9.17) is 18.6 Å². The van der Waals surface area contributed by atoms with E-state index in [1.165, 1.54) is 21.2 Å². The van der Waals surface area contributed by atoms with Gasteiger partial charge < -0.3 is 20.4 Å². The summed E-state index contributed by atoms with van der Waals surface area (Å²) in [5.74, 6) is 0. The zero-order valence-electron chi connectivity index (χ0n) is 45.3. The first-order valence-electron chi connectivity index (χ1n) is 21.8. The van der Waals surface area contributed by atoms with Crippen molar-refractivity contribution in [3.05, 3.63) is 148 Å². The molecule has 0 aliphatic rings. The molecular formula is C47H27AlCrF36NO8P2-. The first-order chi connectivity index (χ1) is 41.8. The Hall–Kier alpha value is -4.96. The van der Waals surface area contributed by atoms with Crippen LogP contribution in [0.2, 0.25) is 0 Å². The number of hydrogen-bond acceptors (Lipinski definition) is 5. The molecule has 4 aromatic carbocycles. The summed E-state index contributed by atoms with van der Waals surface area (Å²) in [4.78, 5) is 0. The van der Waals surface area contributed by atoms with Crippen molar-refractivity contribution in [1.29, 1.82) is 0 Å². The molecule has 0 atom stereocenters. The van der Waals surface area contributed by atoms with Crippen molar-refractivity contribution in [3.8, 4) is 0 Å². The molecule has 0 unspecified atom stereocenters. The minimum absolute atomic E-state index is 0. The molecule has 0 amide bonds. The topological polar surface area (TPSA) is 175 Å². The van der Waals surface area contributed by atoms with E-state index in [9.17, 15) is 178 Å². The van der Waals surface area contributed by atoms with Gasteiger partial charge in [0.05, 0.1) is 0 Å². The normalized spacial score (nSPS) is 12.9. The molecule has 0 radical (unpaired) electrons. The molecular weight excluding hydrogens is 1530 g/mol. The van der Waals surface area contributed by atoms with Crippen LogP contribution in [0.1, 0.15) is 13.8 Å². The van der Waals surface area contributed by atoms with E-state index >= 15 is 0 Å². The van der Waals surface area contributed by atoms with Crippen LogP contribution in [0.4, 0.5) is 158 Å². The summed E-state index contributed by atoms with van der Waals surface area (Å²) < 4.78 is 441. The van der Waals surface area contributed by atoms with Crippen LogP contribution in [0.3, 0.4) is 0 Å². The van der Waals surface area contributed by atoms with E-state index in [0.717, 1.165) is 0 Å². The fourth-order valence-corrected chi connectivity index (χ4v) is 11.8. The van der Waals surface area contributed by atoms with Crippen LogP contribution in [-0.2, 0) is 36.0 Å². The maximum Gasteiger partial charge on any atom is 0.397 e. The first kappa shape index (κ1) is 105. The molecule has 0 saturated heterocycles. The second kappa shape index (κ2) is 39.1. The van der Waals surface area contributed by atoms with E-state index in [1.54, 1.807) is 0 Å². The third-order valence-corrected chi connectivity index (χ3v) is 15.6. The molecule has 0 aliphatic carbocycles. The van der Waals surface area contributed by atoms with Gasteiger partial charge in [0.1, 0.15) is 0 Å². The summed E-state index contributed by atoms with van der Waals surface area (Å²) in [7, 11) is -1.36. The molecule has 4 aromatic rings. The molecule has 0 fully saturated rings. The van der Waals surface area contributed by atoms with Gasteiger partial charge in [-0.1, -0.05) is 121 Å². The Labute approximate surface area is 536 Å². The van der Waals surface area contributed by atoms with Gasteiger partial charge in [0.15, 0.2) is 22.4 Å². The molecule has 0 bridgehead atoms. The number of halogens is 36. The van der Waals surface area contributed by atoms with Gasteiger partial charge in [0.2, 0.25) is 0 Å². The van der Waals surface area contributed by atoms with Crippen LogP contribution in [-0.4, -0.2) is 124 Å². The molecule has 9 nitrogen and oxygen atoms in total. The molecule has 540 valence electrons. The van der Waals surface area contributed by atoms with Crippen molar-refractivity contribution < 1.29 is 214 Å². The predicted molar refractivity (Wildman–Crippen MR) is 240 cm³/mol. The largest absolute Gasteiger partial charge is 0.830 e. The van der Waals surface area contributed by atoms with Gasteiger partial charge in [-0.2, -0.15) is 158 Å². The molecule has 0 aromatic heterocycles. The fourth-order valence-electron chi connectivity index (χ4n) is 5.53. The monoisotopic (exact) mass is 1560 g/mol. The second-order valence-corrected chi connectivity index (χ2v) is 20.6. The Bertz CT molecular complexity index is 2350. The van der Waals surface area contributed by atoms with Crippen molar-refractivity contribution >= 4 is 54.7 Å². The molecule has 96 heavy (non-hydrogen) atoms. The SMILES string of the molecule is CC(C)N(P(c1ccccc1)c1ccccc1)P(c1ccccc1)c1ccccc1.[Al+3].[C-]#[O+].[C-]#[O+].[C-]#[O+].[C-]#[O+].[Cr].[O-]C(C(F)(F)F)(C(F)(F)F)C(F)(F)F.[O-]C(C(F)(F)F)(C(F)(F)F)C(F)(F)F.[O-]C(C(F)(F)F)(C(F)(F)F)C(F)(F)F.[O-]C(C(F)(F)F)(C(F)(F)F)C(F)(F)F. The van der Waals surface area contributed by atoms with Gasteiger partial charge in [-0.3, -0.25) is 0 Å². The quantitative estimate of drug-likeness (QED) is 0.0587. The molecule has 0 N–H and O–H groups in total. The minimum atomic E-state index is -6.98. The van der Waals surface area contributed by atoms with Crippen LogP contribution >= 0.6 is 16.1 Å². The van der Waals surface area contributed by atoms with Crippen molar-refractivity contribution in [3.63, 3.8) is 0 Å². The Balaban J connectivity index is -0.000000209. The van der Waals surface area contributed by atoms with Gasteiger partial charge in [0, 0.05) is 39.5 Å². The van der Waals surface area contributed by atoms with Crippen molar-refractivity contribution in [2.24, 2.45) is 0 Å². The van der Waals surface area contributed by atoms with Crippen LogP contribution < -0.4 is 41.6 Å². The number of rotatable bonds is 7. The molecule has 49 heteroatoms. The van der Waals surface area contributed by atoms with Crippen molar-refractivity contribution in [2.75, 3.05) is 0 Å². The second-order valence-electron chi connectivity index (χ2n) is 16.1. The number of nitrogens with zero attached hydrogens (tertiary/aromatic N) is 1. The standard InChI is InChI=1S/C27H27NP2.4C4F9O.4CO.Al.Cr/c1-23(2)28(29(24-15-7-3-8-16-24)25-17-9-4-10-18-25)30(26-19-11-5-12-20-26)27-21-13-6-14-22-27;4*5-2(6,7)1(14,3(8,9)10)4(11,12)13;4*1-2;;/h3-23H,1-2H3;;;;;;;;;;/q;4*-1;;;;;+3;. The maximum atomic E-state index is 11.3. The number of benzene rings is 4. The van der Waals surface area contributed by atoms with Crippen LogP contribution in [0.5, 0.6) is 0 Å². The summed E-state index contributed by atoms with van der Waals surface area (Å²) in [6.45, 7) is 22.7. The van der Waals surface area contributed by atoms with Crippen LogP contribution in [0.15, 0.2) is 121 Å². The summed E-state index contributed by atoms with van der Waals surface area (Å²) in [5, 5.41) is 44.7. The zero-order chi connectivity index (χ0) is 76.8. The van der Waals surface area contributed by atoms with Crippen LogP contribution in [0.25, 0.3) is 0 Å². The summed E-state index contributed by atoms with van der Waals surface area (Å²) in [5.41, 5.74) is -27.8. The predicted octanol–water partition coefficient (Wildman–Crippen LogP) is 12.3. The van der Waals surface area contributed by atoms with Gasteiger partial charge in [-0.25, -0.2) is 4.44 Å². The number of alkyl halides is 36. The van der Waals surface area contributed by atoms with E-state index in [-0.39, 0.29) is 34.7 Å². The first-order valence-corrected chi connectivity index (χ1v) is 24.4. The number of hydrogen-bond donors (Lipinski definition) is 0.